The van der Waals surface area contributed by atoms with Crippen molar-refractivity contribution in [1.82, 2.24) is 0 Å². The number of benzene rings is 8. The van der Waals surface area contributed by atoms with E-state index in [9.17, 15) is 0 Å². The summed E-state index contributed by atoms with van der Waals surface area (Å²) in [5.41, 5.74) is 11.0. The van der Waals surface area contributed by atoms with Crippen molar-refractivity contribution in [3.05, 3.63) is 218 Å². The zero-order chi connectivity index (χ0) is 37.7. The Morgan fingerprint density at radius 3 is 1.16 bits per heavy atom. The summed E-state index contributed by atoms with van der Waals surface area (Å²) in [7, 11) is 0. The van der Waals surface area contributed by atoms with Crippen LogP contribution in [-0.4, -0.2) is 0 Å². The third-order valence-electron chi connectivity index (χ3n) is 10.5. The molecule has 2 aliphatic heterocycles. The van der Waals surface area contributed by atoms with Crippen LogP contribution in [0.3, 0.4) is 0 Å². The largest absolute Gasteiger partial charge is 0.298 e. The monoisotopic (exact) mass is 795 g/mol. The fourth-order valence-electron chi connectivity index (χ4n) is 8.23. The van der Waals surface area contributed by atoms with Gasteiger partial charge >= 0.3 is 0 Å². The first kappa shape index (κ1) is 34.8. The number of nitrogens with zero attached hydrogens (tertiary/aromatic N) is 4. The predicted octanol–water partition coefficient (Wildman–Crippen LogP) is 13.6. The van der Waals surface area contributed by atoms with Crippen molar-refractivity contribution in [3.8, 4) is 11.1 Å². The number of thiol groups is 1. The predicted molar refractivity (Wildman–Crippen MR) is 249 cm³/mol. The van der Waals surface area contributed by atoms with Gasteiger partial charge < -0.3 is 0 Å². The van der Waals surface area contributed by atoms with Crippen molar-refractivity contribution < 1.29 is 0 Å². The highest BCUT2D eigenvalue weighted by Gasteiger charge is 2.60. The molecule has 8 aromatic carbocycles. The molecule has 2 aliphatic rings. The van der Waals surface area contributed by atoms with Crippen molar-refractivity contribution in [2.24, 2.45) is 0 Å². The molecule has 0 bridgehead atoms. The van der Waals surface area contributed by atoms with Crippen molar-refractivity contribution >= 4 is 93.3 Å². The molecule has 56 heavy (non-hydrogen) atoms. The lowest BCUT2D eigenvalue weighted by Crippen LogP contribution is -2.32. The van der Waals surface area contributed by atoms with Crippen LogP contribution < -0.4 is 29.3 Å². The van der Waals surface area contributed by atoms with E-state index in [4.69, 9.17) is 24.1 Å². The van der Waals surface area contributed by atoms with Crippen LogP contribution in [0.1, 0.15) is 0 Å². The molecule has 0 spiro atoms. The Morgan fingerprint density at radius 1 is 0.357 bits per heavy atom. The summed E-state index contributed by atoms with van der Waals surface area (Å²) < 4.78 is 9.85. The van der Waals surface area contributed by atoms with Gasteiger partial charge in [0.15, 0.2) is 11.6 Å². The minimum Gasteiger partial charge on any atom is -0.291 e. The highest BCUT2D eigenvalue weighted by atomic mass is 32.7. The van der Waals surface area contributed by atoms with E-state index >= 15 is 0 Å². The second-order valence-electron chi connectivity index (χ2n) is 13.7. The van der Waals surface area contributed by atoms with Crippen LogP contribution in [0.2, 0.25) is 0 Å². The van der Waals surface area contributed by atoms with Crippen LogP contribution in [-0.2, 0) is 11.8 Å². The minimum atomic E-state index is -2.89. The second kappa shape index (κ2) is 14.2. The Labute approximate surface area is 339 Å². The van der Waals surface area contributed by atoms with Gasteiger partial charge in [-0.05, 0) is 102 Å². The Bertz CT molecular complexity index is 2600. The van der Waals surface area contributed by atoms with Gasteiger partial charge in [-0.1, -0.05) is 133 Å². The fourth-order valence-corrected chi connectivity index (χ4v) is 18.0. The van der Waals surface area contributed by atoms with E-state index in [1.54, 1.807) is 0 Å². The van der Waals surface area contributed by atoms with Crippen molar-refractivity contribution in [2.45, 2.75) is 0 Å². The standard InChI is InChI=1S/C48H37N4P2S2/c55-53(49(37-21-5-1-6-22-37)43-31-15-16-32-44(43)50(53)38-23-7-2-8-24-38)47-35-19-13-29-41(47)42-30-14-20-36-48(42)54(56)51(39-25-9-3-10-26-39)45-33-17-18-34-46(45)52(54)40-27-11-4-12-28-40/h1-36,55H/q+1. The highest BCUT2D eigenvalue weighted by molar-refractivity contribution is 8.57. The maximum atomic E-state index is 7.33. The molecule has 8 heteroatoms. The zero-order valence-electron chi connectivity index (χ0n) is 30.3. The van der Waals surface area contributed by atoms with Crippen molar-refractivity contribution in [3.63, 3.8) is 0 Å². The molecule has 8 aromatic rings. The third-order valence-corrected chi connectivity index (χ3v) is 19.8. The molecule has 270 valence electrons. The van der Waals surface area contributed by atoms with Gasteiger partial charge in [-0.15, -0.1) is 0 Å². The van der Waals surface area contributed by atoms with Gasteiger partial charge in [-0.3, -0.25) is 9.34 Å². The molecule has 0 aliphatic carbocycles. The SMILES string of the molecule is S=P1(c2ccccc2-c2ccccc2[P+]2(S)N(c3ccccc3)c3ccccc3N2c2ccccc2)N(c2ccccc2)c2ccccc2N1c1ccccc1. The van der Waals surface area contributed by atoms with Crippen LogP contribution in [0.4, 0.5) is 45.5 Å². The van der Waals surface area contributed by atoms with Crippen molar-refractivity contribution in [2.75, 3.05) is 18.7 Å². The van der Waals surface area contributed by atoms with Gasteiger partial charge in [0, 0.05) is 22.2 Å². The molecule has 0 saturated heterocycles. The van der Waals surface area contributed by atoms with Gasteiger partial charge in [0.2, 0.25) is 0 Å². The Morgan fingerprint density at radius 2 is 0.696 bits per heavy atom. The number of fused-ring (bicyclic) bond motifs is 2. The molecular formula is C48H37N4P2S2+. The molecule has 0 amide bonds. The molecule has 0 fully saturated rings. The average Bonchev–Trinajstić information content (AvgIpc) is 3.70. The quantitative estimate of drug-likeness (QED) is 0.127. The summed E-state index contributed by atoms with van der Waals surface area (Å²) in [6, 6.07) is 77.7. The maximum absolute atomic E-state index is 7.33. The normalized spacial score (nSPS) is 15.1. The van der Waals surface area contributed by atoms with E-state index in [2.05, 4.69) is 237 Å². The van der Waals surface area contributed by atoms with Gasteiger partial charge in [-0.25, -0.2) is 0 Å². The summed E-state index contributed by atoms with van der Waals surface area (Å²) in [5, 5.41) is 2.26. The molecule has 2 heterocycles. The van der Waals surface area contributed by atoms with Crippen LogP contribution in [0.5, 0.6) is 0 Å². The van der Waals surface area contributed by atoms with Crippen LogP contribution in [0.15, 0.2) is 218 Å². The molecule has 0 atom stereocenters. The summed E-state index contributed by atoms with van der Waals surface area (Å²) in [6.07, 6.45) is -2.89. The highest BCUT2D eigenvalue weighted by Crippen LogP contribution is 2.81. The molecule has 0 saturated carbocycles. The van der Waals surface area contributed by atoms with Crippen molar-refractivity contribution in [1.29, 1.82) is 0 Å². The fraction of sp³-hybridized carbons (Fsp3) is 0. The zero-order valence-corrected chi connectivity index (χ0v) is 33.8. The summed E-state index contributed by atoms with van der Waals surface area (Å²) in [6.45, 7) is -2.79. The Balaban J connectivity index is 1.26. The number of para-hydroxylation sites is 8. The lowest BCUT2D eigenvalue weighted by Gasteiger charge is -2.38. The maximum Gasteiger partial charge on any atom is 0.298 e. The molecular weight excluding hydrogens is 759 g/mol. The van der Waals surface area contributed by atoms with E-state index in [-0.39, 0.29) is 0 Å². The average molecular weight is 796 g/mol. The molecule has 0 unspecified atom stereocenters. The Hall–Kier alpha value is -5.61. The lowest BCUT2D eigenvalue weighted by atomic mass is 10.1. The van der Waals surface area contributed by atoms with Crippen LogP contribution in [0, 0.1) is 0 Å². The molecule has 4 nitrogen and oxygen atoms in total. The topological polar surface area (TPSA) is 13.0 Å². The minimum absolute atomic E-state index is 1.07. The number of hydrogen-bond donors (Lipinski definition) is 1. The molecule has 0 radical (unpaired) electrons. The number of rotatable bonds is 7. The van der Waals surface area contributed by atoms with E-state index in [1.807, 2.05) is 0 Å². The molecule has 0 N–H and O–H groups in total. The van der Waals surface area contributed by atoms with E-state index in [0.717, 1.165) is 67.2 Å². The Kier molecular flexibility index (Phi) is 8.81. The van der Waals surface area contributed by atoms with E-state index < -0.39 is 13.1 Å². The van der Waals surface area contributed by atoms with Crippen LogP contribution in [0.25, 0.3) is 11.1 Å². The van der Waals surface area contributed by atoms with E-state index in [1.165, 1.54) is 0 Å². The van der Waals surface area contributed by atoms with Gasteiger partial charge in [-0.2, -0.15) is 9.34 Å². The molecule has 0 aromatic heterocycles. The first-order valence-electron chi connectivity index (χ1n) is 18.6. The van der Waals surface area contributed by atoms with Gasteiger partial charge in [0.1, 0.15) is 11.4 Å². The summed E-state index contributed by atoms with van der Waals surface area (Å²) in [5.74, 6) is 0. The van der Waals surface area contributed by atoms with Gasteiger partial charge in [0.25, 0.3) is 6.77 Å². The summed E-state index contributed by atoms with van der Waals surface area (Å²) >= 11 is 13.4. The van der Waals surface area contributed by atoms with Gasteiger partial charge in [0.05, 0.1) is 35.0 Å². The summed E-state index contributed by atoms with van der Waals surface area (Å²) in [4.78, 5) is 0. The first-order valence-corrected chi connectivity index (χ1v) is 24.2. The number of hydrogen-bond acceptors (Lipinski definition) is 4. The van der Waals surface area contributed by atoms with E-state index in [0.29, 0.717) is 0 Å². The second-order valence-corrected chi connectivity index (χ2v) is 21.7. The molecule has 10 rings (SSSR count). The number of anilines is 8. The smallest absolute Gasteiger partial charge is 0.291 e. The first-order chi connectivity index (χ1) is 27.6. The van der Waals surface area contributed by atoms with Crippen LogP contribution >= 0.6 is 25.4 Å². The lowest BCUT2D eigenvalue weighted by molar-refractivity contribution is 1.44. The third kappa shape index (κ3) is 5.36.